The van der Waals surface area contributed by atoms with Gasteiger partial charge in [-0.3, -0.25) is 4.79 Å². The molecule has 0 bridgehead atoms. The highest BCUT2D eigenvalue weighted by atomic mass is 35.5. The first-order valence-electron chi connectivity index (χ1n) is 8.19. The third kappa shape index (κ3) is 6.10. The summed E-state index contributed by atoms with van der Waals surface area (Å²) in [7, 11) is -3.84. The molecule has 27 heavy (non-hydrogen) atoms. The molecule has 2 rings (SSSR count). The van der Waals surface area contributed by atoms with Crippen molar-refractivity contribution < 1.29 is 17.9 Å². The normalized spacial score (nSPS) is 12.4. The van der Waals surface area contributed by atoms with Crippen LogP contribution in [0.25, 0.3) is 0 Å². The minimum atomic E-state index is -3.84. The van der Waals surface area contributed by atoms with E-state index in [1.807, 2.05) is 6.92 Å². The second-order valence-corrected chi connectivity index (χ2v) is 8.26. The second kappa shape index (κ2) is 9.41. The fraction of sp³-hybridized carbons (Fsp3) is 0.278. The SMILES string of the molecule is CCOc1ccc(S(=O)(=O)N[C@H](C)C(=O)NCc2ccc(Cl)cc2Cl)cc1. The Morgan fingerprint density at radius 3 is 2.41 bits per heavy atom. The molecule has 0 aliphatic carbocycles. The maximum Gasteiger partial charge on any atom is 0.241 e. The highest BCUT2D eigenvalue weighted by molar-refractivity contribution is 7.89. The molecule has 146 valence electrons. The van der Waals surface area contributed by atoms with Gasteiger partial charge in [0.15, 0.2) is 0 Å². The van der Waals surface area contributed by atoms with Crippen LogP contribution < -0.4 is 14.8 Å². The van der Waals surface area contributed by atoms with E-state index in [-0.39, 0.29) is 11.4 Å². The highest BCUT2D eigenvalue weighted by Crippen LogP contribution is 2.21. The second-order valence-electron chi connectivity index (χ2n) is 5.70. The summed E-state index contributed by atoms with van der Waals surface area (Å²) >= 11 is 11.9. The average molecular weight is 431 g/mol. The van der Waals surface area contributed by atoms with Crippen molar-refractivity contribution >= 4 is 39.1 Å². The van der Waals surface area contributed by atoms with E-state index in [2.05, 4.69) is 10.0 Å². The number of nitrogens with one attached hydrogen (secondary N) is 2. The van der Waals surface area contributed by atoms with Crippen molar-refractivity contribution in [2.24, 2.45) is 0 Å². The van der Waals surface area contributed by atoms with E-state index in [9.17, 15) is 13.2 Å². The number of sulfonamides is 1. The molecule has 6 nitrogen and oxygen atoms in total. The zero-order chi connectivity index (χ0) is 20.0. The van der Waals surface area contributed by atoms with Crippen molar-refractivity contribution in [3.05, 3.63) is 58.1 Å². The summed E-state index contributed by atoms with van der Waals surface area (Å²) in [6.07, 6.45) is 0. The Hall–Kier alpha value is -1.80. The molecular weight excluding hydrogens is 411 g/mol. The van der Waals surface area contributed by atoms with Crippen LogP contribution in [-0.4, -0.2) is 27.0 Å². The van der Waals surface area contributed by atoms with Crippen LogP contribution in [0.1, 0.15) is 19.4 Å². The van der Waals surface area contributed by atoms with Crippen LogP contribution in [0.5, 0.6) is 5.75 Å². The predicted molar refractivity (Wildman–Crippen MR) is 106 cm³/mol. The van der Waals surface area contributed by atoms with Crippen LogP contribution in [0, 0.1) is 0 Å². The van der Waals surface area contributed by atoms with Crippen molar-refractivity contribution in [3.63, 3.8) is 0 Å². The summed E-state index contributed by atoms with van der Waals surface area (Å²) in [5.41, 5.74) is 0.677. The molecule has 2 aromatic rings. The molecule has 0 fully saturated rings. The molecule has 0 spiro atoms. The Morgan fingerprint density at radius 2 is 1.81 bits per heavy atom. The van der Waals surface area contributed by atoms with Gasteiger partial charge in [-0.2, -0.15) is 4.72 Å². The van der Waals surface area contributed by atoms with E-state index in [4.69, 9.17) is 27.9 Å². The molecule has 0 saturated heterocycles. The minimum absolute atomic E-state index is 0.0475. The number of hydrogen-bond donors (Lipinski definition) is 2. The van der Waals surface area contributed by atoms with Gasteiger partial charge in [0.05, 0.1) is 17.5 Å². The molecule has 0 heterocycles. The first-order chi connectivity index (χ1) is 12.7. The molecule has 0 unspecified atom stereocenters. The first-order valence-corrected chi connectivity index (χ1v) is 10.4. The lowest BCUT2D eigenvalue weighted by atomic mass is 10.2. The van der Waals surface area contributed by atoms with Crippen LogP contribution in [0.15, 0.2) is 47.4 Å². The quantitative estimate of drug-likeness (QED) is 0.671. The number of carbonyl (C=O) groups excluding carboxylic acids is 1. The summed E-state index contributed by atoms with van der Waals surface area (Å²) < 4.78 is 32.5. The fourth-order valence-corrected chi connectivity index (χ4v) is 3.91. The number of halogens is 2. The van der Waals surface area contributed by atoms with Gasteiger partial charge >= 0.3 is 0 Å². The highest BCUT2D eigenvalue weighted by Gasteiger charge is 2.22. The van der Waals surface area contributed by atoms with Gasteiger partial charge in [-0.1, -0.05) is 29.3 Å². The zero-order valence-electron chi connectivity index (χ0n) is 14.8. The van der Waals surface area contributed by atoms with E-state index in [1.165, 1.54) is 19.1 Å². The molecule has 0 saturated carbocycles. The van der Waals surface area contributed by atoms with Gasteiger partial charge < -0.3 is 10.1 Å². The standard InChI is InChI=1S/C18H20Cl2N2O4S/c1-3-26-15-6-8-16(9-7-15)27(24,25)22-12(2)18(23)21-11-13-4-5-14(19)10-17(13)20/h4-10,12,22H,3,11H2,1-2H3,(H,21,23)/t12-/m1/s1. The summed E-state index contributed by atoms with van der Waals surface area (Å²) in [5.74, 6) is 0.0950. The Bertz CT molecular complexity index is 902. The molecular formula is C18H20Cl2N2O4S. The largest absolute Gasteiger partial charge is 0.494 e. The van der Waals surface area contributed by atoms with E-state index in [0.717, 1.165) is 0 Å². The lowest BCUT2D eigenvalue weighted by molar-refractivity contribution is -0.122. The Balaban J connectivity index is 1.97. The van der Waals surface area contributed by atoms with Gasteiger partial charge in [0, 0.05) is 16.6 Å². The van der Waals surface area contributed by atoms with Crippen molar-refractivity contribution in [1.29, 1.82) is 0 Å². The number of rotatable bonds is 8. The van der Waals surface area contributed by atoms with Crippen LogP contribution >= 0.6 is 23.2 Å². The number of benzene rings is 2. The van der Waals surface area contributed by atoms with Crippen LogP contribution in [0.3, 0.4) is 0 Å². The van der Waals surface area contributed by atoms with Gasteiger partial charge in [0.2, 0.25) is 15.9 Å². The molecule has 1 atom stereocenters. The minimum Gasteiger partial charge on any atom is -0.494 e. The van der Waals surface area contributed by atoms with Crippen LogP contribution in [0.4, 0.5) is 0 Å². The summed E-state index contributed by atoms with van der Waals surface area (Å²) in [6, 6.07) is 9.93. The number of ether oxygens (including phenoxy) is 1. The number of hydrogen-bond acceptors (Lipinski definition) is 4. The van der Waals surface area contributed by atoms with Crippen molar-refractivity contribution in [2.45, 2.75) is 31.3 Å². The van der Waals surface area contributed by atoms with E-state index in [0.29, 0.717) is 28.0 Å². The van der Waals surface area contributed by atoms with Crippen molar-refractivity contribution in [2.75, 3.05) is 6.61 Å². The molecule has 2 N–H and O–H groups in total. The maximum absolute atomic E-state index is 12.4. The Morgan fingerprint density at radius 1 is 1.15 bits per heavy atom. The fourth-order valence-electron chi connectivity index (χ4n) is 2.24. The summed E-state index contributed by atoms with van der Waals surface area (Å²) in [4.78, 5) is 12.3. The van der Waals surface area contributed by atoms with E-state index >= 15 is 0 Å². The summed E-state index contributed by atoms with van der Waals surface area (Å²) in [6.45, 7) is 3.94. The van der Waals surface area contributed by atoms with Gasteiger partial charge in [-0.25, -0.2) is 8.42 Å². The van der Waals surface area contributed by atoms with E-state index < -0.39 is 22.0 Å². The molecule has 9 heteroatoms. The lowest BCUT2D eigenvalue weighted by Crippen LogP contribution is -2.44. The molecule has 0 aliphatic heterocycles. The Labute approximate surface area is 168 Å². The molecule has 0 aromatic heterocycles. The van der Waals surface area contributed by atoms with Crippen LogP contribution in [-0.2, 0) is 21.4 Å². The average Bonchev–Trinajstić information content (AvgIpc) is 2.61. The molecule has 0 aliphatic rings. The number of amides is 1. The van der Waals surface area contributed by atoms with Crippen LogP contribution in [0.2, 0.25) is 10.0 Å². The van der Waals surface area contributed by atoms with Gasteiger partial charge in [-0.05, 0) is 55.8 Å². The zero-order valence-corrected chi connectivity index (χ0v) is 17.2. The maximum atomic E-state index is 12.4. The first kappa shape index (κ1) is 21.5. The summed E-state index contributed by atoms with van der Waals surface area (Å²) in [5, 5.41) is 3.56. The van der Waals surface area contributed by atoms with Gasteiger partial charge in [-0.15, -0.1) is 0 Å². The Kier molecular flexibility index (Phi) is 7.49. The molecule has 0 radical (unpaired) electrons. The van der Waals surface area contributed by atoms with Crippen molar-refractivity contribution in [1.82, 2.24) is 10.0 Å². The molecule has 2 aromatic carbocycles. The smallest absolute Gasteiger partial charge is 0.241 e. The van der Waals surface area contributed by atoms with E-state index in [1.54, 1.807) is 30.3 Å². The van der Waals surface area contributed by atoms with Gasteiger partial charge in [0.1, 0.15) is 5.75 Å². The lowest BCUT2D eigenvalue weighted by Gasteiger charge is -2.15. The predicted octanol–water partition coefficient (Wildman–Crippen LogP) is 3.38. The van der Waals surface area contributed by atoms with Crippen molar-refractivity contribution in [3.8, 4) is 5.75 Å². The number of carbonyl (C=O) groups is 1. The molecule has 1 amide bonds. The third-order valence-electron chi connectivity index (χ3n) is 3.64. The third-order valence-corrected chi connectivity index (χ3v) is 5.78. The van der Waals surface area contributed by atoms with Gasteiger partial charge in [0.25, 0.3) is 0 Å². The monoisotopic (exact) mass is 430 g/mol. The topological polar surface area (TPSA) is 84.5 Å².